The minimum Gasteiger partial charge on any atom is -0.353 e. The van der Waals surface area contributed by atoms with Gasteiger partial charge in [-0.1, -0.05) is 0 Å². The van der Waals surface area contributed by atoms with E-state index in [0.29, 0.717) is 12.0 Å². The Labute approximate surface area is 110 Å². The minimum absolute atomic E-state index is 0.139. The summed E-state index contributed by atoms with van der Waals surface area (Å²) in [5.74, 6) is 0.343. The van der Waals surface area contributed by atoms with Gasteiger partial charge in [-0.15, -0.1) is 0 Å². The number of aliphatic imine (C=N–C) groups is 1. The van der Waals surface area contributed by atoms with Crippen LogP contribution in [0, 0.1) is 0 Å². The summed E-state index contributed by atoms with van der Waals surface area (Å²) in [5, 5.41) is 5.59. The van der Waals surface area contributed by atoms with Gasteiger partial charge in [0.25, 0.3) is 0 Å². The highest BCUT2D eigenvalue weighted by Gasteiger charge is 2.25. The Morgan fingerprint density at radius 2 is 1.95 bits per heavy atom. The van der Waals surface area contributed by atoms with Crippen LogP contribution in [0.1, 0.15) is 19.3 Å². The highest BCUT2D eigenvalue weighted by molar-refractivity contribution is 5.80. The van der Waals surface area contributed by atoms with E-state index in [0.717, 1.165) is 25.5 Å². The van der Waals surface area contributed by atoms with Gasteiger partial charge >= 0.3 is 6.18 Å². The average Bonchev–Trinajstić information content (AvgIpc) is 2.74. The summed E-state index contributed by atoms with van der Waals surface area (Å²) in [5.41, 5.74) is 6.00. The van der Waals surface area contributed by atoms with Crippen LogP contribution >= 0.6 is 0 Å². The fourth-order valence-corrected chi connectivity index (χ4v) is 2.03. The van der Waals surface area contributed by atoms with Crippen molar-refractivity contribution in [1.29, 1.82) is 0 Å². The van der Waals surface area contributed by atoms with Crippen LogP contribution in [0.2, 0.25) is 0 Å². The molecule has 0 aromatic heterocycles. The Kier molecular flexibility index (Phi) is 6.10. The van der Waals surface area contributed by atoms with Gasteiger partial charge in [-0.3, -0.25) is 15.8 Å². The van der Waals surface area contributed by atoms with Crippen molar-refractivity contribution >= 4 is 5.96 Å². The quantitative estimate of drug-likeness (QED) is 0.350. The molecular formula is C11H20F3N5. The zero-order valence-electron chi connectivity index (χ0n) is 11.0. The predicted molar refractivity (Wildman–Crippen MR) is 68.4 cm³/mol. The molecule has 19 heavy (non-hydrogen) atoms. The third-order valence-corrected chi connectivity index (χ3v) is 2.84. The van der Waals surface area contributed by atoms with Crippen LogP contribution in [0.4, 0.5) is 13.2 Å². The molecular weight excluding hydrogens is 259 g/mol. The number of hydrogen-bond donors (Lipinski definition) is 4. The second-order valence-electron chi connectivity index (χ2n) is 4.34. The van der Waals surface area contributed by atoms with E-state index in [1.165, 1.54) is 7.05 Å². The summed E-state index contributed by atoms with van der Waals surface area (Å²) >= 11 is 0. The monoisotopic (exact) mass is 279 g/mol. The van der Waals surface area contributed by atoms with Gasteiger partial charge in [0, 0.05) is 31.4 Å². The molecule has 0 saturated heterocycles. The van der Waals surface area contributed by atoms with Crippen LogP contribution in [-0.2, 0) is 0 Å². The first-order chi connectivity index (χ1) is 8.94. The molecule has 0 heterocycles. The van der Waals surface area contributed by atoms with E-state index in [1.54, 1.807) is 0 Å². The third kappa shape index (κ3) is 6.44. The number of hydrogen-bond acceptors (Lipinski definition) is 3. The number of rotatable bonds is 4. The molecule has 8 heteroatoms. The van der Waals surface area contributed by atoms with E-state index >= 15 is 0 Å². The smallest absolute Gasteiger partial charge is 0.353 e. The van der Waals surface area contributed by atoms with Gasteiger partial charge in [0.05, 0.1) is 0 Å². The number of nitrogens with one attached hydrogen (secondary N) is 4. The van der Waals surface area contributed by atoms with Crippen molar-refractivity contribution in [2.45, 2.75) is 37.5 Å². The highest BCUT2D eigenvalue weighted by atomic mass is 19.4. The van der Waals surface area contributed by atoms with Gasteiger partial charge in [-0.25, -0.2) is 0 Å². The molecule has 0 radical (unpaired) electrons. The molecule has 2 atom stereocenters. The van der Waals surface area contributed by atoms with Crippen molar-refractivity contribution < 1.29 is 13.2 Å². The van der Waals surface area contributed by atoms with Crippen molar-refractivity contribution in [3.63, 3.8) is 0 Å². The lowest BCUT2D eigenvalue weighted by Gasteiger charge is -2.16. The Morgan fingerprint density at radius 3 is 2.53 bits per heavy atom. The van der Waals surface area contributed by atoms with Crippen LogP contribution in [-0.4, -0.2) is 38.3 Å². The molecule has 5 nitrogen and oxygen atoms in total. The highest BCUT2D eigenvalue weighted by Crippen LogP contribution is 2.18. The normalized spacial score (nSPS) is 25.0. The minimum atomic E-state index is -4.32. The lowest BCUT2D eigenvalue weighted by atomic mass is 10.2. The van der Waals surface area contributed by atoms with Crippen molar-refractivity contribution in [2.75, 3.05) is 14.1 Å². The van der Waals surface area contributed by atoms with E-state index in [4.69, 9.17) is 0 Å². The van der Waals surface area contributed by atoms with Crippen LogP contribution in [0.5, 0.6) is 0 Å². The second kappa shape index (κ2) is 7.34. The molecule has 0 amide bonds. The number of guanidine groups is 1. The molecule has 1 fully saturated rings. The average molecular weight is 279 g/mol. The molecule has 0 unspecified atom stereocenters. The van der Waals surface area contributed by atoms with Crippen molar-refractivity contribution in [3.8, 4) is 0 Å². The first kappa shape index (κ1) is 15.8. The standard InChI is InChI=1S/C11H20F3N5/c1-15-10(17-6-5-11(12,13)14)18-8-3-4-9(7-8)19-16-2/h5-6,8-9,16,19H,3-4,7H2,1-2H3,(H2,15,17,18)/b6-5+/t8-,9-/m0/s1. The lowest BCUT2D eigenvalue weighted by Crippen LogP contribution is -2.42. The number of allylic oxidation sites excluding steroid dienone is 1. The summed E-state index contributed by atoms with van der Waals surface area (Å²) in [4.78, 5) is 3.88. The summed E-state index contributed by atoms with van der Waals surface area (Å²) in [7, 11) is 3.33. The van der Waals surface area contributed by atoms with Crippen molar-refractivity contribution in [1.82, 2.24) is 21.5 Å². The van der Waals surface area contributed by atoms with Gasteiger partial charge in [0.1, 0.15) is 0 Å². The Bertz CT molecular complexity index is 327. The van der Waals surface area contributed by atoms with E-state index in [1.807, 2.05) is 7.05 Å². The largest absolute Gasteiger partial charge is 0.411 e. The number of nitrogens with zero attached hydrogens (tertiary/aromatic N) is 1. The molecule has 0 spiro atoms. The Balaban J connectivity index is 2.36. The first-order valence-electron chi connectivity index (χ1n) is 6.11. The van der Waals surface area contributed by atoms with Crippen LogP contribution in [0.3, 0.4) is 0 Å². The third-order valence-electron chi connectivity index (χ3n) is 2.84. The van der Waals surface area contributed by atoms with Crippen LogP contribution in [0.25, 0.3) is 0 Å². The molecule has 0 aromatic carbocycles. The summed E-state index contributed by atoms with van der Waals surface area (Å²) < 4.78 is 35.8. The number of halogens is 3. The van der Waals surface area contributed by atoms with Gasteiger partial charge in [0.15, 0.2) is 5.96 Å². The number of alkyl halides is 3. The van der Waals surface area contributed by atoms with E-state index in [2.05, 4.69) is 26.5 Å². The first-order valence-corrected chi connectivity index (χ1v) is 6.11. The molecule has 1 aliphatic rings. The molecule has 0 bridgehead atoms. The molecule has 0 aliphatic heterocycles. The molecule has 0 aromatic rings. The van der Waals surface area contributed by atoms with Gasteiger partial charge < -0.3 is 10.6 Å². The lowest BCUT2D eigenvalue weighted by molar-refractivity contribution is -0.0800. The van der Waals surface area contributed by atoms with Crippen LogP contribution < -0.4 is 21.5 Å². The summed E-state index contributed by atoms with van der Waals surface area (Å²) in [6.45, 7) is 0. The Hall–Kier alpha value is -1.28. The van der Waals surface area contributed by atoms with E-state index < -0.39 is 6.18 Å². The number of hydrazine groups is 1. The van der Waals surface area contributed by atoms with Crippen molar-refractivity contribution in [3.05, 3.63) is 12.3 Å². The predicted octanol–water partition coefficient (Wildman–Crippen LogP) is 0.872. The SMILES string of the molecule is CN=C(N/C=C/C(F)(F)F)N[C@H]1CC[C@H](NNC)C1. The maximum absolute atomic E-state index is 11.9. The fraction of sp³-hybridized carbons (Fsp3) is 0.727. The van der Waals surface area contributed by atoms with E-state index in [9.17, 15) is 13.2 Å². The van der Waals surface area contributed by atoms with Gasteiger partial charge in [0.2, 0.25) is 0 Å². The Morgan fingerprint density at radius 1 is 1.26 bits per heavy atom. The maximum Gasteiger partial charge on any atom is 0.411 e. The molecule has 1 rings (SSSR count). The molecule has 1 aliphatic carbocycles. The second-order valence-corrected chi connectivity index (χ2v) is 4.34. The fourth-order valence-electron chi connectivity index (χ4n) is 2.03. The maximum atomic E-state index is 11.9. The van der Waals surface area contributed by atoms with Gasteiger partial charge in [-0.05, 0) is 26.3 Å². The van der Waals surface area contributed by atoms with Gasteiger partial charge in [-0.2, -0.15) is 13.2 Å². The van der Waals surface area contributed by atoms with Crippen molar-refractivity contribution in [2.24, 2.45) is 4.99 Å². The summed E-state index contributed by atoms with van der Waals surface area (Å²) in [6, 6.07) is 0.572. The molecule has 110 valence electrons. The van der Waals surface area contributed by atoms with E-state index in [-0.39, 0.29) is 12.1 Å². The zero-order valence-corrected chi connectivity index (χ0v) is 11.0. The topological polar surface area (TPSA) is 60.5 Å². The molecule has 4 N–H and O–H groups in total. The van der Waals surface area contributed by atoms with Crippen LogP contribution in [0.15, 0.2) is 17.3 Å². The zero-order chi connectivity index (χ0) is 14.3. The summed E-state index contributed by atoms with van der Waals surface area (Å²) in [6.07, 6.45) is -0.490. The molecule has 1 saturated carbocycles.